The molecule has 0 bridgehead atoms. The number of hydrogen-bond acceptors (Lipinski definition) is 7. The van der Waals surface area contributed by atoms with E-state index in [1.165, 1.54) is 0 Å². The van der Waals surface area contributed by atoms with E-state index in [1.54, 1.807) is 48.9 Å². The van der Waals surface area contributed by atoms with E-state index in [0.717, 1.165) is 83.0 Å². The number of nitrogen functional groups attached to an aromatic ring is 1. The summed E-state index contributed by atoms with van der Waals surface area (Å²) < 4.78 is 0. The monoisotopic (exact) mass is 766 g/mol. The van der Waals surface area contributed by atoms with E-state index in [9.17, 15) is 15.0 Å². The predicted octanol–water partition coefficient (Wildman–Crippen LogP) is 12.4. The molecule has 59 heavy (non-hydrogen) atoms. The number of nitrogens with two attached hydrogens (primary N) is 1. The SMILES string of the molecule is Nc1ccc2ccccc2c1-c1c(O)ccc2ccccc12.O=Cc1ccccn1.Oc1ccc2ccccc2c1-c1c(N=Cc2ccccn2)ccc2ccccc12. The number of phenols is 2. The van der Waals surface area contributed by atoms with Gasteiger partial charge in [-0.2, -0.15) is 0 Å². The molecule has 10 rings (SSSR count). The van der Waals surface area contributed by atoms with Gasteiger partial charge in [0.25, 0.3) is 0 Å². The largest absolute Gasteiger partial charge is 0.507 e. The zero-order valence-corrected chi connectivity index (χ0v) is 31.9. The summed E-state index contributed by atoms with van der Waals surface area (Å²) >= 11 is 0. The van der Waals surface area contributed by atoms with Gasteiger partial charge in [0.2, 0.25) is 0 Å². The van der Waals surface area contributed by atoms with Crippen molar-refractivity contribution in [2.24, 2.45) is 4.99 Å². The molecule has 0 saturated carbocycles. The third-order valence-electron chi connectivity index (χ3n) is 10.0. The van der Waals surface area contributed by atoms with Gasteiger partial charge in [-0.15, -0.1) is 0 Å². The third kappa shape index (κ3) is 8.08. The molecule has 8 aromatic carbocycles. The van der Waals surface area contributed by atoms with Crippen molar-refractivity contribution in [3.05, 3.63) is 206 Å². The van der Waals surface area contributed by atoms with Crippen LogP contribution in [0.25, 0.3) is 65.3 Å². The van der Waals surface area contributed by atoms with E-state index >= 15 is 0 Å². The van der Waals surface area contributed by atoms with Crippen molar-refractivity contribution in [3.63, 3.8) is 0 Å². The minimum absolute atomic E-state index is 0.245. The molecule has 0 unspecified atom stereocenters. The average Bonchev–Trinajstić information content (AvgIpc) is 3.30. The fraction of sp³-hybridized carbons (Fsp3) is 0. The Balaban J connectivity index is 0.000000142. The fourth-order valence-corrected chi connectivity index (χ4v) is 7.28. The summed E-state index contributed by atoms with van der Waals surface area (Å²) in [5.74, 6) is 0.496. The quantitative estimate of drug-likeness (QED) is 0.0911. The first kappa shape index (κ1) is 37.7. The lowest BCUT2D eigenvalue weighted by Crippen LogP contribution is -1.93. The highest BCUT2D eigenvalue weighted by Crippen LogP contribution is 2.45. The maximum Gasteiger partial charge on any atom is 0.168 e. The normalized spacial score (nSPS) is 10.9. The number of aromatic hydroxyl groups is 2. The number of aliphatic imine (C=N–C) groups is 1. The zero-order chi connectivity index (χ0) is 40.6. The first-order valence-corrected chi connectivity index (χ1v) is 19.0. The zero-order valence-electron chi connectivity index (χ0n) is 31.9. The summed E-state index contributed by atoms with van der Waals surface area (Å²) in [6.45, 7) is 0. The number of nitrogens with zero attached hydrogens (tertiary/aromatic N) is 3. The highest BCUT2D eigenvalue weighted by atomic mass is 16.3. The number of pyridine rings is 2. The van der Waals surface area contributed by atoms with Crippen LogP contribution < -0.4 is 5.73 Å². The molecular formula is C52H38N4O3. The van der Waals surface area contributed by atoms with E-state index in [-0.39, 0.29) is 11.5 Å². The van der Waals surface area contributed by atoms with E-state index in [1.807, 2.05) is 121 Å². The number of aldehydes is 1. The minimum Gasteiger partial charge on any atom is -0.507 e. The predicted molar refractivity (Wildman–Crippen MR) is 243 cm³/mol. The van der Waals surface area contributed by atoms with Crippen molar-refractivity contribution in [1.29, 1.82) is 0 Å². The Morgan fingerprint density at radius 2 is 0.831 bits per heavy atom. The highest BCUT2D eigenvalue weighted by Gasteiger charge is 2.17. The average molecular weight is 767 g/mol. The van der Waals surface area contributed by atoms with Crippen LogP contribution in [0.3, 0.4) is 0 Å². The molecule has 4 N–H and O–H groups in total. The maximum absolute atomic E-state index is 10.9. The van der Waals surface area contributed by atoms with Crippen molar-refractivity contribution in [3.8, 4) is 33.8 Å². The number of benzene rings is 8. The summed E-state index contributed by atoms with van der Waals surface area (Å²) in [6.07, 6.45) is 5.82. The van der Waals surface area contributed by atoms with Gasteiger partial charge in [0, 0.05) is 40.3 Å². The van der Waals surface area contributed by atoms with Gasteiger partial charge in [0.05, 0.1) is 17.6 Å². The summed E-state index contributed by atoms with van der Waals surface area (Å²) in [6, 6.07) is 58.7. The number of fused-ring (bicyclic) bond motifs is 4. The molecule has 0 radical (unpaired) electrons. The molecule has 10 aromatic rings. The van der Waals surface area contributed by atoms with Gasteiger partial charge < -0.3 is 15.9 Å². The Morgan fingerprint density at radius 1 is 0.424 bits per heavy atom. The van der Waals surface area contributed by atoms with Gasteiger partial charge in [-0.3, -0.25) is 19.8 Å². The third-order valence-corrected chi connectivity index (χ3v) is 10.0. The van der Waals surface area contributed by atoms with Crippen LogP contribution in [0.15, 0.2) is 199 Å². The van der Waals surface area contributed by atoms with Crippen molar-refractivity contribution < 1.29 is 15.0 Å². The molecule has 2 heterocycles. The standard InChI is InChI=1S/C26H18N2O.C20H15NO.C6H5NO/c29-24-15-13-19-8-2-4-11-22(19)26(24)25-21-10-3-1-7-18(21)12-14-23(25)28-17-20-9-5-6-16-27-20;21-17-11-9-13-5-1-3-7-15(13)19(17)20-16-8-4-2-6-14(16)10-12-18(20)22;8-5-6-3-1-2-4-7-6/h1-17,29H;1-12,22H,21H2;1-5H. The topological polar surface area (TPSA) is 122 Å². The Hall–Kier alpha value is -8.16. The summed E-state index contributed by atoms with van der Waals surface area (Å²) in [5, 5.41) is 29.8. The van der Waals surface area contributed by atoms with Gasteiger partial charge >= 0.3 is 0 Å². The van der Waals surface area contributed by atoms with Gasteiger partial charge in [-0.1, -0.05) is 133 Å². The lowest BCUT2D eigenvalue weighted by molar-refractivity contribution is 0.111. The Kier molecular flexibility index (Phi) is 11.1. The second-order valence-corrected chi connectivity index (χ2v) is 13.7. The molecule has 0 saturated heterocycles. The van der Waals surface area contributed by atoms with Crippen molar-refractivity contribution in [2.45, 2.75) is 0 Å². The molecule has 0 aliphatic heterocycles. The van der Waals surface area contributed by atoms with Gasteiger partial charge in [0.1, 0.15) is 17.2 Å². The fourth-order valence-electron chi connectivity index (χ4n) is 7.28. The molecule has 7 heteroatoms. The molecule has 7 nitrogen and oxygen atoms in total. The molecule has 0 aliphatic rings. The smallest absolute Gasteiger partial charge is 0.168 e. The number of phenolic OH excluding ortho intramolecular Hbond substituents is 2. The lowest BCUT2D eigenvalue weighted by Gasteiger charge is -2.15. The van der Waals surface area contributed by atoms with Crippen LogP contribution in [0.5, 0.6) is 11.5 Å². The summed E-state index contributed by atoms with van der Waals surface area (Å²) in [5.41, 5.74) is 12.4. The Bertz CT molecular complexity index is 3030. The van der Waals surface area contributed by atoms with Gasteiger partial charge in [0.15, 0.2) is 6.29 Å². The Morgan fingerprint density at radius 3 is 1.31 bits per heavy atom. The summed E-state index contributed by atoms with van der Waals surface area (Å²) in [7, 11) is 0. The molecule has 284 valence electrons. The van der Waals surface area contributed by atoms with Crippen LogP contribution >= 0.6 is 0 Å². The molecule has 0 aliphatic carbocycles. The van der Waals surface area contributed by atoms with Crippen LogP contribution in [0.2, 0.25) is 0 Å². The maximum atomic E-state index is 10.9. The molecule has 0 fully saturated rings. The second-order valence-electron chi connectivity index (χ2n) is 13.7. The van der Waals surface area contributed by atoms with Crippen LogP contribution in [0.4, 0.5) is 11.4 Å². The summed E-state index contributed by atoms with van der Waals surface area (Å²) in [4.78, 5) is 22.8. The van der Waals surface area contributed by atoms with Crippen LogP contribution in [0.1, 0.15) is 16.2 Å². The van der Waals surface area contributed by atoms with E-state index in [0.29, 0.717) is 11.4 Å². The Labute approximate surface area is 341 Å². The molecule has 0 amide bonds. The van der Waals surface area contributed by atoms with Crippen LogP contribution in [-0.4, -0.2) is 32.7 Å². The molecule has 2 aromatic heterocycles. The van der Waals surface area contributed by atoms with E-state index < -0.39 is 0 Å². The van der Waals surface area contributed by atoms with Gasteiger partial charge in [-0.25, -0.2) is 0 Å². The number of hydrogen-bond donors (Lipinski definition) is 3. The second kappa shape index (κ2) is 17.3. The number of rotatable bonds is 5. The highest BCUT2D eigenvalue weighted by molar-refractivity contribution is 6.13. The van der Waals surface area contributed by atoms with Crippen LogP contribution in [0, 0.1) is 0 Å². The van der Waals surface area contributed by atoms with E-state index in [2.05, 4.69) is 40.3 Å². The number of anilines is 1. The number of carbonyl (C=O) groups excluding carboxylic acids is 1. The van der Waals surface area contributed by atoms with Gasteiger partial charge in [-0.05, 0) is 91.6 Å². The first-order valence-electron chi connectivity index (χ1n) is 19.0. The van der Waals surface area contributed by atoms with Crippen molar-refractivity contribution >= 4 is 67.0 Å². The number of carbonyl (C=O) groups is 1. The number of aromatic nitrogens is 2. The lowest BCUT2D eigenvalue weighted by atomic mass is 9.92. The molecular weight excluding hydrogens is 729 g/mol. The molecule has 0 atom stereocenters. The molecule has 0 spiro atoms. The van der Waals surface area contributed by atoms with E-state index in [4.69, 9.17) is 10.7 Å². The first-order chi connectivity index (χ1) is 29.0. The van der Waals surface area contributed by atoms with Crippen LogP contribution in [-0.2, 0) is 0 Å². The van der Waals surface area contributed by atoms with Crippen molar-refractivity contribution in [1.82, 2.24) is 9.97 Å². The minimum atomic E-state index is 0.245. The van der Waals surface area contributed by atoms with Crippen molar-refractivity contribution in [2.75, 3.05) is 5.73 Å².